The van der Waals surface area contributed by atoms with Crippen LogP contribution in [0.15, 0.2) is 47.5 Å². The summed E-state index contributed by atoms with van der Waals surface area (Å²) in [6.07, 6.45) is 4.76. The zero-order valence-corrected chi connectivity index (χ0v) is 18.0. The molecule has 0 bridgehead atoms. The quantitative estimate of drug-likeness (QED) is 0.768. The second kappa shape index (κ2) is 9.04. The van der Waals surface area contributed by atoms with E-state index in [0.29, 0.717) is 50.3 Å². The van der Waals surface area contributed by atoms with Crippen LogP contribution in [0.2, 0.25) is 0 Å². The summed E-state index contributed by atoms with van der Waals surface area (Å²) in [7, 11) is -3.45. The number of benzene rings is 1. The first-order chi connectivity index (χ1) is 15.0. The van der Waals surface area contributed by atoms with Gasteiger partial charge in [0, 0.05) is 44.0 Å². The van der Waals surface area contributed by atoms with E-state index >= 15 is 0 Å². The molecule has 2 saturated heterocycles. The molecular weight excluding hydrogens is 414 g/mol. The summed E-state index contributed by atoms with van der Waals surface area (Å²) in [6.45, 7) is 2.56. The summed E-state index contributed by atoms with van der Waals surface area (Å²) in [5.74, 6) is 0.651. The summed E-state index contributed by atoms with van der Waals surface area (Å²) in [6, 6.07) is 12.0. The molecule has 31 heavy (non-hydrogen) atoms. The molecule has 0 saturated carbocycles. The van der Waals surface area contributed by atoms with Gasteiger partial charge < -0.3 is 10.2 Å². The van der Waals surface area contributed by atoms with Gasteiger partial charge in [0.05, 0.1) is 10.5 Å². The molecule has 9 heteroatoms. The highest BCUT2D eigenvalue weighted by molar-refractivity contribution is 7.89. The van der Waals surface area contributed by atoms with Gasteiger partial charge in [-0.05, 0) is 62.1 Å². The average molecular weight is 440 g/mol. The number of nitrogens with zero attached hydrogens (tertiary/aromatic N) is 4. The Morgan fingerprint density at radius 1 is 1.03 bits per heavy atom. The molecule has 2 aliphatic heterocycles. The third-order valence-electron chi connectivity index (χ3n) is 5.89. The van der Waals surface area contributed by atoms with Gasteiger partial charge in [0.25, 0.3) is 0 Å². The number of nitriles is 1. The van der Waals surface area contributed by atoms with Crippen molar-refractivity contribution in [3.63, 3.8) is 0 Å². The van der Waals surface area contributed by atoms with Gasteiger partial charge in [-0.15, -0.1) is 0 Å². The minimum atomic E-state index is -3.45. The molecule has 1 N–H and O–H groups in total. The lowest BCUT2D eigenvalue weighted by Crippen LogP contribution is -2.38. The zero-order valence-electron chi connectivity index (χ0n) is 17.2. The van der Waals surface area contributed by atoms with Crippen LogP contribution in [0, 0.1) is 17.2 Å². The topological polar surface area (TPSA) is 106 Å². The van der Waals surface area contributed by atoms with Gasteiger partial charge in [0.1, 0.15) is 11.9 Å². The molecule has 8 nitrogen and oxygen atoms in total. The molecule has 0 aliphatic carbocycles. The van der Waals surface area contributed by atoms with Gasteiger partial charge in [-0.25, -0.2) is 13.4 Å². The minimum Gasteiger partial charge on any atom is -0.357 e. The Morgan fingerprint density at radius 3 is 2.29 bits per heavy atom. The highest BCUT2D eigenvalue weighted by Crippen LogP contribution is 2.25. The Kier molecular flexibility index (Phi) is 6.20. The molecule has 2 aromatic rings. The van der Waals surface area contributed by atoms with Gasteiger partial charge in [-0.2, -0.15) is 9.57 Å². The number of rotatable bonds is 5. The minimum absolute atomic E-state index is 0.0532. The van der Waals surface area contributed by atoms with Crippen LogP contribution in [0.5, 0.6) is 0 Å². The first kappa shape index (κ1) is 21.3. The Balaban J connectivity index is 1.32. The van der Waals surface area contributed by atoms with Crippen molar-refractivity contribution in [1.82, 2.24) is 9.29 Å². The molecular formula is C22H25N5O3S. The molecule has 162 valence electrons. The summed E-state index contributed by atoms with van der Waals surface area (Å²) in [4.78, 5) is 19.4. The van der Waals surface area contributed by atoms with E-state index in [1.807, 2.05) is 6.07 Å². The van der Waals surface area contributed by atoms with E-state index in [4.69, 9.17) is 5.26 Å². The van der Waals surface area contributed by atoms with E-state index in [-0.39, 0.29) is 16.7 Å². The van der Waals surface area contributed by atoms with E-state index in [2.05, 4.69) is 21.3 Å². The van der Waals surface area contributed by atoms with Crippen LogP contribution in [0.3, 0.4) is 0 Å². The van der Waals surface area contributed by atoms with Crippen LogP contribution < -0.4 is 10.2 Å². The zero-order chi connectivity index (χ0) is 21.8. The van der Waals surface area contributed by atoms with Crippen LogP contribution in [0.25, 0.3) is 0 Å². The normalized spacial score (nSPS) is 18.0. The molecule has 3 heterocycles. The largest absolute Gasteiger partial charge is 0.357 e. The first-order valence-corrected chi connectivity index (χ1v) is 11.9. The van der Waals surface area contributed by atoms with Crippen molar-refractivity contribution in [2.45, 2.75) is 30.6 Å². The van der Waals surface area contributed by atoms with Crippen molar-refractivity contribution in [3.8, 4) is 6.07 Å². The molecule has 2 aliphatic rings. The number of hydrogen-bond donors (Lipinski definition) is 1. The van der Waals surface area contributed by atoms with Crippen molar-refractivity contribution in [1.29, 1.82) is 5.26 Å². The first-order valence-electron chi connectivity index (χ1n) is 10.5. The molecule has 0 unspecified atom stereocenters. The number of piperidine rings is 1. The fraction of sp³-hybridized carbons (Fsp3) is 0.409. The standard InChI is InChI=1S/C22H25N5O3S/c23-15-17-3-8-21(24-16-17)26-13-9-18(10-14-26)22(28)25-19-4-6-20(7-5-19)31(29,30)27-11-1-2-12-27/h3-8,16,18H,1-2,9-14H2,(H,25,28). The van der Waals surface area contributed by atoms with Crippen LogP contribution in [0.4, 0.5) is 11.5 Å². The number of carbonyl (C=O) groups is 1. The number of aromatic nitrogens is 1. The van der Waals surface area contributed by atoms with Crippen LogP contribution in [-0.2, 0) is 14.8 Å². The van der Waals surface area contributed by atoms with Crippen LogP contribution >= 0.6 is 0 Å². The molecule has 1 amide bonds. The smallest absolute Gasteiger partial charge is 0.243 e. The summed E-state index contributed by atoms with van der Waals surface area (Å²) in [5, 5.41) is 11.8. The van der Waals surface area contributed by atoms with Crippen molar-refractivity contribution in [2.24, 2.45) is 5.92 Å². The van der Waals surface area contributed by atoms with Crippen LogP contribution in [-0.4, -0.2) is 49.8 Å². The Hall–Kier alpha value is -2.96. The lowest BCUT2D eigenvalue weighted by molar-refractivity contribution is -0.120. The fourth-order valence-electron chi connectivity index (χ4n) is 4.04. The second-order valence-electron chi connectivity index (χ2n) is 7.90. The van der Waals surface area contributed by atoms with Crippen molar-refractivity contribution >= 4 is 27.4 Å². The number of pyridine rings is 1. The number of sulfonamides is 1. The van der Waals surface area contributed by atoms with E-state index in [1.54, 1.807) is 36.5 Å². The maximum atomic E-state index is 12.7. The summed E-state index contributed by atoms with van der Waals surface area (Å²) in [5.41, 5.74) is 1.12. The van der Waals surface area contributed by atoms with Gasteiger partial charge >= 0.3 is 0 Å². The summed E-state index contributed by atoms with van der Waals surface area (Å²) < 4.78 is 26.7. The van der Waals surface area contributed by atoms with Crippen molar-refractivity contribution < 1.29 is 13.2 Å². The predicted molar refractivity (Wildman–Crippen MR) is 117 cm³/mol. The molecule has 4 rings (SSSR count). The lowest BCUT2D eigenvalue weighted by Gasteiger charge is -2.32. The third kappa shape index (κ3) is 4.70. The second-order valence-corrected chi connectivity index (χ2v) is 9.84. The number of amides is 1. The average Bonchev–Trinajstić information content (AvgIpc) is 3.36. The molecule has 1 aromatic heterocycles. The van der Waals surface area contributed by atoms with Gasteiger partial charge in [-0.3, -0.25) is 4.79 Å². The van der Waals surface area contributed by atoms with Crippen molar-refractivity contribution in [2.75, 3.05) is 36.4 Å². The Morgan fingerprint density at radius 2 is 1.71 bits per heavy atom. The molecule has 0 spiro atoms. The van der Waals surface area contributed by atoms with E-state index in [0.717, 1.165) is 18.7 Å². The molecule has 0 radical (unpaired) electrons. The van der Waals surface area contributed by atoms with Crippen LogP contribution in [0.1, 0.15) is 31.2 Å². The maximum Gasteiger partial charge on any atom is 0.243 e. The number of anilines is 2. The Bertz CT molecular complexity index is 1060. The lowest BCUT2D eigenvalue weighted by atomic mass is 9.95. The summed E-state index contributed by atoms with van der Waals surface area (Å²) >= 11 is 0. The number of hydrogen-bond acceptors (Lipinski definition) is 6. The van der Waals surface area contributed by atoms with E-state index < -0.39 is 10.0 Å². The number of nitrogens with one attached hydrogen (secondary N) is 1. The predicted octanol–water partition coefficient (Wildman–Crippen LogP) is 2.59. The molecule has 1 aromatic carbocycles. The highest BCUT2D eigenvalue weighted by atomic mass is 32.2. The van der Waals surface area contributed by atoms with E-state index in [1.165, 1.54) is 4.31 Å². The SMILES string of the molecule is N#Cc1ccc(N2CCC(C(=O)Nc3ccc(S(=O)(=O)N4CCCC4)cc3)CC2)nc1. The molecule has 0 atom stereocenters. The maximum absolute atomic E-state index is 12.7. The van der Waals surface area contributed by atoms with Gasteiger partial charge in [-0.1, -0.05) is 0 Å². The number of carbonyl (C=O) groups excluding carboxylic acids is 1. The highest BCUT2D eigenvalue weighted by Gasteiger charge is 2.28. The van der Waals surface area contributed by atoms with Gasteiger partial charge in [0.2, 0.25) is 15.9 Å². The monoisotopic (exact) mass is 439 g/mol. The van der Waals surface area contributed by atoms with Gasteiger partial charge in [0.15, 0.2) is 0 Å². The fourth-order valence-corrected chi connectivity index (χ4v) is 5.56. The molecule has 2 fully saturated rings. The Labute approximate surface area is 182 Å². The van der Waals surface area contributed by atoms with Crippen molar-refractivity contribution in [3.05, 3.63) is 48.2 Å². The van der Waals surface area contributed by atoms with E-state index in [9.17, 15) is 13.2 Å². The third-order valence-corrected chi connectivity index (χ3v) is 7.80.